The van der Waals surface area contributed by atoms with Crippen molar-refractivity contribution in [3.63, 3.8) is 0 Å². The number of carbonyl (C=O) groups is 2. The zero-order chi connectivity index (χ0) is 41.4. The molecule has 0 saturated carbocycles. The van der Waals surface area contributed by atoms with E-state index in [1.165, 1.54) is 116 Å². The molecule has 10 nitrogen and oxygen atoms in total. The highest BCUT2D eigenvalue weighted by Gasteiger charge is 2.23. The molecule has 0 aliphatic heterocycles. The van der Waals surface area contributed by atoms with Gasteiger partial charge in [0, 0.05) is 12.8 Å². The van der Waals surface area contributed by atoms with E-state index in [1.54, 1.807) is 0 Å². The third kappa shape index (κ3) is 40.4. The summed E-state index contributed by atoms with van der Waals surface area (Å²) in [6.45, 7) is 3.43. The minimum Gasteiger partial charge on any atom is -0.462 e. The lowest BCUT2D eigenvalue weighted by Crippen LogP contribution is -2.29. The minimum atomic E-state index is -4.82. The molecule has 0 spiro atoms. The van der Waals surface area contributed by atoms with Crippen molar-refractivity contribution in [2.24, 2.45) is 0 Å². The molecule has 0 amide bonds. The highest BCUT2D eigenvalue weighted by atomic mass is 31.2. The largest absolute Gasteiger partial charge is 0.469 e. The maximum Gasteiger partial charge on any atom is 0.469 e. The van der Waals surface area contributed by atoms with Gasteiger partial charge in [-0.2, -0.15) is 0 Å². The highest BCUT2D eigenvalue weighted by Crippen LogP contribution is 2.36. The summed E-state index contributed by atoms with van der Waals surface area (Å²) < 4.78 is 26.3. The summed E-state index contributed by atoms with van der Waals surface area (Å²) in [5.41, 5.74) is 0. The summed E-state index contributed by atoms with van der Waals surface area (Å²) in [5, 5.41) is 20.5. The summed E-state index contributed by atoms with van der Waals surface area (Å²) >= 11 is 0. The predicted octanol–water partition coefficient (Wildman–Crippen LogP) is 11.7. The summed E-state index contributed by atoms with van der Waals surface area (Å²) in [6.07, 6.45) is 40.4. The molecule has 0 aliphatic carbocycles. The van der Waals surface area contributed by atoms with Gasteiger partial charge in [0.2, 0.25) is 0 Å². The van der Waals surface area contributed by atoms with Crippen LogP contribution < -0.4 is 0 Å². The molecule has 0 aromatic rings. The van der Waals surface area contributed by atoms with Crippen LogP contribution in [0.3, 0.4) is 0 Å². The molecule has 0 aliphatic rings. The smallest absolute Gasteiger partial charge is 0.462 e. The van der Waals surface area contributed by atoms with Crippen LogP contribution in [0.15, 0.2) is 36.5 Å². The van der Waals surface area contributed by atoms with E-state index in [0.717, 1.165) is 38.5 Å². The Morgan fingerprint density at radius 2 is 0.982 bits per heavy atom. The molecule has 56 heavy (non-hydrogen) atoms. The molecule has 2 unspecified atom stereocenters. The number of esters is 2. The molecule has 0 aromatic heterocycles. The Morgan fingerprint density at radius 3 is 1.50 bits per heavy atom. The number of phosphoric acid groups is 1. The second-order valence-electron chi connectivity index (χ2n) is 15.3. The second-order valence-corrected chi connectivity index (χ2v) is 16.6. The second kappa shape index (κ2) is 40.0. The highest BCUT2D eigenvalue weighted by molar-refractivity contribution is 7.46. The number of aliphatic hydroxyl groups is 2. The van der Waals surface area contributed by atoms with Gasteiger partial charge >= 0.3 is 19.8 Å². The van der Waals surface area contributed by atoms with Gasteiger partial charge in [0.1, 0.15) is 6.61 Å². The molecule has 0 saturated heterocycles. The normalized spacial score (nSPS) is 13.9. The van der Waals surface area contributed by atoms with Crippen LogP contribution in [0.5, 0.6) is 0 Å². The molecule has 0 radical (unpaired) electrons. The van der Waals surface area contributed by atoms with Crippen LogP contribution in [0.1, 0.15) is 206 Å². The zero-order valence-electron chi connectivity index (χ0n) is 35.5. The van der Waals surface area contributed by atoms with Gasteiger partial charge < -0.3 is 29.5 Å². The Balaban J connectivity index is 4.08. The molecule has 0 heterocycles. The number of aliphatic hydroxyl groups excluding tert-OH is 2. The summed E-state index contributed by atoms with van der Waals surface area (Å²) in [5.74, 6) is -1.16. The topological polar surface area (TPSA) is 160 Å². The fourth-order valence-corrected chi connectivity index (χ4v) is 6.72. The van der Waals surface area contributed by atoms with E-state index in [9.17, 15) is 24.4 Å². The third-order valence-electron chi connectivity index (χ3n) is 9.86. The first-order valence-corrected chi connectivity index (χ1v) is 24.0. The summed E-state index contributed by atoms with van der Waals surface area (Å²) in [4.78, 5) is 43.0. The summed E-state index contributed by atoms with van der Waals surface area (Å²) in [7, 11) is -4.82. The predicted molar refractivity (Wildman–Crippen MR) is 228 cm³/mol. The van der Waals surface area contributed by atoms with E-state index in [2.05, 4.69) is 42.7 Å². The van der Waals surface area contributed by atoms with Gasteiger partial charge in [-0.1, -0.05) is 179 Å². The van der Waals surface area contributed by atoms with Crippen LogP contribution >= 0.6 is 7.82 Å². The molecular formula is C45H83O10P. The van der Waals surface area contributed by atoms with Gasteiger partial charge in [-0.15, -0.1) is 0 Å². The van der Waals surface area contributed by atoms with E-state index in [-0.39, 0.29) is 25.7 Å². The molecule has 0 bridgehead atoms. The van der Waals surface area contributed by atoms with Crippen LogP contribution in [0.4, 0.5) is 0 Å². The lowest BCUT2D eigenvalue weighted by atomic mass is 10.0. The number of unbranched alkanes of at least 4 members (excludes halogenated alkanes) is 21. The number of ether oxygens (including phenoxy) is 2. The monoisotopic (exact) mass is 815 g/mol. The van der Waals surface area contributed by atoms with Crippen molar-refractivity contribution in [2.75, 3.05) is 13.2 Å². The maximum absolute atomic E-state index is 12.4. The van der Waals surface area contributed by atoms with Gasteiger partial charge in [0.15, 0.2) is 6.10 Å². The van der Waals surface area contributed by atoms with Crippen molar-refractivity contribution in [3.05, 3.63) is 36.5 Å². The average molecular weight is 815 g/mol. The molecule has 3 atom stereocenters. The number of phosphoric ester groups is 1. The third-order valence-corrected chi connectivity index (χ3v) is 10.3. The van der Waals surface area contributed by atoms with Crippen molar-refractivity contribution in [3.8, 4) is 0 Å². The SMILES string of the molecule is CCCCC/C=C\C/C=C\C/C=C\CC(O)C(O)CCCC(=O)OC[C@H](COP(=O)(O)O)OC(=O)CCCCCCCCCCCCCCCCCCCCC. The molecule has 4 N–H and O–H groups in total. The lowest BCUT2D eigenvalue weighted by molar-refractivity contribution is -0.161. The zero-order valence-corrected chi connectivity index (χ0v) is 36.4. The van der Waals surface area contributed by atoms with Crippen LogP contribution in [0.25, 0.3) is 0 Å². The van der Waals surface area contributed by atoms with Gasteiger partial charge in [0.25, 0.3) is 0 Å². The van der Waals surface area contributed by atoms with Gasteiger partial charge in [-0.3, -0.25) is 14.1 Å². The van der Waals surface area contributed by atoms with Gasteiger partial charge in [-0.05, 0) is 51.4 Å². The van der Waals surface area contributed by atoms with Crippen LogP contribution in [-0.2, 0) is 28.2 Å². The van der Waals surface area contributed by atoms with Gasteiger partial charge in [-0.25, -0.2) is 4.57 Å². The quantitative estimate of drug-likeness (QED) is 0.0202. The standard InChI is InChI=1S/C45H83O10P/c1-3-5-7-9-11-13-15-17-18-19-20-21-22-23-25-27-29-31-33-37-45(49)55-41(40-54-56(50,51)52)39-53-44(48)38-34-36-43(47)42(46)35-32-30-28-26-24-16-14-12-10-8-6-4-2/h12,14,24,26,30,32,41-43,46-47H,3-11,13,15-23,25,27-29,31,33-40H2,1-2H3,(H2,50,51,52)/b14-12-,26-24-,32-30-/t41-,42?,43?/m1/s1. The van der Waals surface area contributed by atoms with E-state index < -0.39 is 51.3 Å². The first-order chi connectivity index (χ1) is 27.1. The number of carbonyl (C=O) groups excluding carboxylic acids is 2. The first kappa shape index (κ1) is 54.2. The van der Waals surface area contributed by atoms with Crippen LogP contribution in [0.2, 0.25) is 0 Å². The van der Waals surface area contributed by atoms with E-state index in [4.69, 9.17) is 19.3 Å². The Labute approximate surface area is 341 Å². The Hall–Kier alpha value is -1.81. The number of rotatable bonds is 41. The van der Waals surface area contributed by atoms with Gasteiger partial charge in [0.05, 0.1) is 18.8 Å². The van der Waals surface area contributed by atoms with Crippen molar-refractivity contribution in [1.82, 2.24) is 0 Å². The van der Waals surface area contributed by atoms with Crippen LogP contribution in [-0.4, -0.2) is 63.5 Å². The molecule has 11 heteroatoms. The molecule has 0 fully saturated rings. The number of hydrogen-bond acceptors (Lipinski definition) is 8. The fraction of sp³-hybridized carbons (Fsp3) is 0.822. The number of allylic oxidation sites excluding steroid dienone is 5. The number of hydrogen-bond donors (Lipinski definition) is 4. The molecule has 0 rings (SSSR count). The Bertz CT molecular complexity index is 1040. The average Bonchev–Trinajstić information content (AvgIpc) is 3.16. The molecule has 0 aromatic carbocycles. The van der Waals surface area contributed by atoms with Crippen molar-refractivity contribution in [1.29, 1.82) is 0 Å². The van der Waals surface area contributed by atoms with E-state index in [1.807, 2.05) is 12.2 Å². The first-order valence-electron chi connectivity index (χ1n) is 22.4. The molecular weight excluding hydrogens is 731 g/mol. The van der Waals surface area contributed by atoms with E-state index in [0.29, 0.717) is 12.8 Å². The lowest BCUT2D eigenvalue weighted by Gasteiger charge is -2.19. The molecule has 328 valence electrons. The van der Waals surface area contributed by atoms with E-state index >= 15 is 0 Å². The van der Waals surface area contributed by atoms with Crippen molar-refractivity contribution >= 4 is 19.8 Å². The fourth-order valence-electron chi connectivity index (χ4n) is 6.36. The van der Waals surface area contributed by atoms with Crippen molar-refractivity contribution in [2.45, 2.75) is 225 Å². The van der Waals surface area contributed by atoms with Crippen LogP contribution in [0, 0.1) is 0 Å². The Morgan fingerprint density at radius 1 is 0.536 bits per heavy atom. The maximum atomic E-state index is 12.4. The summed E-state index contributed by atoms with van der Waals surface area (Å²) in [6, 6.07) is 0. The van der Waals surface area contributed by atoms with Crippen molar-refractivity contribution < 1.29 is 48.2 Å². The minimum absolute atomic E-state index is 0.0448. The Kier molecular flexibility index (Phi) is 38.7.